The van der Waals surface area contributed by atoms with Crippen LogP contribution in [-0.4, -0.2) is 0 Å². The number of nitriles is 1. The third-order valence-electron chi connectivity index (χ3n) is 1.79. The van der Waals surface area contributed by atoms with Gasteiger partial charge in [-0.05, 0) is 5.56 Å². The molecule has 3 heteroatoms. The van der Waals surface area contributed by atoms with Crippen molar-refractivity contribution in [2.24, 2.45) is 0 Å². The van der Waals surface area contributed by atoms with E-state index in [9.17, 15) is 0 Å². The summed E-state index contributed by atoms with van der Waals surface area (Å²) in [7, 11) is 0. The van der Waals surface area contributed by atoms with Crippen LogP contribution in [0.25, 0.3) is 11.1 Å². The van der Waals surface area contributed by atoms with Crippen molar-refractivity contribution >= 4 is 16.3 Å². The lowest BCUT2D eigenvalue weighted by Crippen LogP contribution is -1.89. The Labute approximate surface area is 74.2 Å². The summed E-state index contributed by atoms with van der Waals surface area (Å²) in [4.78, 5) is 0. The van der Waals surface area contributed by atoms with E-state index in [-0.39, 0.29) is 0 Å². The van der Waals surface area contributed by atoms with Gasteiger partial charge < -0.3 is 5.73 Å². The topological polar surface area (TPSA) is 49.8 Å². The van der Waals surface area contributed by atoms with Crippen LogP contribution in [0.4, 0.5) is 5.00 Å². The molecule has 0 saturated heterocycles. The fourth-order valence-electron chi connectivity index (χ4n) is 1.20. The lowest BCUT2D eigenvalue weighted by molar-refractivity contribution is 1.50. The van der Waals surface area contributed by atoms with Crippen molar-refractivity contribution in [3.05, 3.63) is 29.1 Å². The molecule has 1 aliphatic carbocycles. The third kappa shape index (κ3) is 0.858. The monoisotopic (exact) mass is 174 g/mol. The molecule has 2 aliphatic rings. The quantitative estimate of drug-likeness (QED) is 0.666. The van der Waals surface area contributed by atoms with Gasteiger partial charge in [0.05, 0.1) is 5.56 Å². The summed E-state index contributed by atoms with van der Waals surface area (Å²) in [6, 6.07) is 7.93. The Morgan fingerprint density at radius 2 is 2.25 bits per heavy atom. The molecule has 1 aliphatic heterocycles. The zero-order valence-corrected chi connectivity index (χ0v) is 7.06. The van der Waals surface area contributed by atoms with Gasteiger partial charge in [0.15, 0.2) is 0 Å². The Balaban J connectivity index is 2.84. The van der Waals surface area contributed by atoms with Crippen molar-refractivity contribution in [3.63, 3.8) is 0 Å². The van der Waals surface area contributed by atoms with Gasteiger partial charge in [-0.2, -0.15) is 5.26 Å². The van der Waals surface area contributed by atoms with Crippen molar-refractivity contribution in [1.29, 1.82) is 5.26 Å². The van der Waals surface area contributed by atoms with E-state index in [1.165, 1.54) is 11.3 Å². The first kappa shape index (κ1) is 7.14. The fourth-order valence-corrected chi connectivity index (χ4v) is 1.93. The summed E-state index contributed by atoms with van der Waals surface area (Å²) < 4.78 is 0. The van der Waals surface area contributed by atoms with Crippen molar-refractivity contribution in [1.82, 2.24) is 0 Å². The van der Waals surface area contributed by atoms with Crippen LogP contribution in [0.2, 0.25) is 0 Å². The Morgan fingerprint density at radius 1 is 1.42 bits per heavy atom. The summed E-state index contributed by atoms with van der Waals surface area (Å²) in [6.45, 7) is 0. The molecule has 2 nitrogen and oxygen atoms in total. The number of fused-ring (bicyclic) bond motifs is 1. The Morgan fingerprint density at radius 3 is 3.00 bits per heavy atom. The minimum Gasteiger partial charge on any atom is -0.389 e. The highest BCUT2D eigenvalue weighted by Gasteiger charge is 2.10. The third-order valence-corrected chi connectivity index (χ3v) is 2.62. The van der Waals surface area contributed by atoms with Gasteiger partial charge in [-0.15, -0.1) is 11.3 Å². The molecule has 2 rings (SSSR count). The van der Waals surface area contributed by atoms with Crippen LogP contribution in [0, 0.1) is 11.3 Å². The predicted molar refractivity (Wildman–Crippen MR) is 50.1 cm³/mol. The molecule has 1 heterocycles. The SMILES string of the molecule is N#Cc1c2cccc-2csc1N. The van der Waals surface area contributed by atoms with Gasteiger partial charge in [-0.1, -0.05) is 18.2 Å². The Hall–Kier alpha value is -1.53. The van der Waals surface area contributed by atoms with Gasteiger partial charge in [0, 0.05) is 10.9 Å². The average molecular weight is 174 g/mol. The van der Waals surface area contributed by atoms with Crippen LogP contribution >= 0.6 is 11.3 Å². The van der Waals surface area contributed by atoms with Gasteiger partial charge >= 0.3 is 0 Å². The van der Waals surface area contributed by atoms with Gasteiger partial charge in [-0.25, -0.2) is 0 Å². The molecule has 0 bridgehead atoms. The summed E-state index contributed by atoms with van der Waals surface area (Å²) in [5.41, 5.74) is 8.29. The summed E-state index contributed by atoms with van der Waals surface area (Å²) in [5, 5.41) is 11.4. The molecule has 2 N–H and O–H groups in total. The largest absolute Gasteiger partial charge is 0.389 e. The Kier molecular flexibility index (Phi) is 1.49. The molecule has 58 valence electrons. The van der Waals surface area contributed by atoms with Gasteiger partial charge in [0.1, 0.15) is 11.1 Å². The minimum absolute atomic E-state index is 0.594. The number of nitrogen functional groups attached to an aromatic ring is 1. The zero-order chi connectivity index (χ0) is 8.55. The lowest BCUT2D eigenvalue weighted by atomic mass is 10.1. The smallest absolute Gasteiger partial charge is 0.104 e. The second-order valence-corrected chi connectivity index (χ2v) is 3.39. The van der Waals surface area contributed by atoms with E-state index >= 15 is 0 Å². The molecule has 0 aromatic rings. The normalized spacial score (nSPS) is 9.92. The second-order valence-electron chi connectivity index (χ2n) is 2.48. The maximum absolute atomic E-state index is 8.81. The second kappa shape index (κ2) is 2.50. The van der Waals surface area contributed by atoms with E-state index < -0.39 is 0 Å². The van der Waals surface area contributed by atoms with E-state index in [1.807, 2.05) is 23.6 Å². The van der Waals surface area contributed by atoms with Gasteiger partial charge in [-0.3, -0.25) is 0 Å². The number of hydrogen-bond donors (Lipinski definition) is 1. The number of anilines is 1. The zero-order valence-electron chi connectivity index (χ0n) is 6.24. The highest BCUT2D eigenvalue weighted by molar-refractivity contribution is 7.14. The summed E-state index contributed by atoms with van der Waals surface area (Å²) in [6.07, 6.45) is 0. The first-order valence-electron chi connectivity index (χ1n) is 3.48. The van der Waals surface area contributed by atoms with Crippen LogP contribution in [-0.2, 0) is 0 Å². The van der Waals surface area contributed by atoms with Crippen LogP contribution < -0.4 is 5.73 Å². The number of nitrogens with zero attached hydrogens (tertiary/aromatic N) is 1. The van der Waals surface area contributed by atoms with Crippen LogP contribution in [0.3, 0.4) is 0 Å². The lowest BCUT2D eigenvalue weighted by Gasteiger charge is -2.02. The minimum atomic E-state index is 0.594. The van der Waals surface area contributed by atoms with Gasteiger partial charge in [0.25, 0.3) is 0 Å². The molecule has 0 aromatic carbocycles. The van der Waals surface area contributed by atoms with Crippen molar-refractivity contribution in [2.45, 2.75) is 0 Å². The first-order chi connectivity index (χ1) is 5.83. The highest BCUT2D eigenvalue weighted by atomic mass is 32.1. The van der Waals surface area contributed by atoms with Crippen LogP contribution in [0.1, 0.15) is 5.56 Å². The molecule has 0 amide bonds. The maximum Gasteiger partial charge on any atom is 0.104 e. The van der Waals surface area contributed by atoms with Crippen molar-refractivity contribution < 1.29 is 0 Å². The van der Waals surface area contributed by atoms with Gasteiger partial charge in [0.2, 0.25) is 0 Å². The predicted octanol–water partition coefficient (Wildman–Crippen LogP) is 2.31. The molecule has 0 saturated carbocycles. The molecule has 0 unspecified atom stereocenters. The summed E-state index contributed by atoms with van der Waals surface area (Å²) in [5.74, 6) is 0. The van der Waals surface area contributed by atoms with E-state index in [1.54, 1.807) is 0 Å². The first-order valence-corrected chi connectivity index (χ1v) is 4.36. The molecule has 12 heavy (non-hydrogen) atoms. The molecule has 0 atom stereocenters. The van der Waals surface area contributed by atoms with E-state index in [4.69, 9.17) is 11.0 Å². The molecule has 0 spiro atoms. The molecule has 0 radical (unpaired) electrons. The molecule has 0 fully saturated rings. The standard InChI is InChI=1S/C9H6N2S/c10-4-8-7-3-1-2-6(7)5-12-9(8)11/h1-3,5H,11H2. The maximum atomic E-state index is 8.81. The fraction of sp³-hybridized carbons (Fsp3) is 0. The number of rotatable bonds is 0. The van der Waals surface area contributed by atoms with Crippen LogP contribution in [0.15, 0.2) is 23.6 Å². The van der Waals surface area contributed by atoms with Crippen molar-refractivity contribution in [3.8, 4) is 17.2 Å². The van der Waals surface area contributed by atoms with Crippen molar-refractivity contribution in [2.75, 3.05) is 5.73 Å². The summed E-state index contributed by atoms with van der Waals surface area (Å²) >= 11 is 1.41. The highest BCUT2D eigenvalue weighted by Crippen LogP contribution is 2.33. The van der Waals surface area contributed by atoms with E-state index in [0.717, 1.165) is 11.1 Å². The van der Waals surface area contributed by atoms with E-state index in [0.29, 0.717) is 10.6 Å². The molecular formula is C9H6N2S. The Bertz CT molecular complexity index is 425. The van der Waals surface area contributed by atoms with E-state index in [2.05, 4.69) is 6.07 Å². The van der Waals surface area contributed by atoms with Crippen LogP contribution in [0.5, 0.6) is 0 Å². The molecule has 0 aromatic heterocycles. The number of hydrogen-bond acceptors (Lipinski definition) is 3. The average Bonchev–Trinajstić information content (AvgIpc) is 2.52. The number of nitrogens with two attached hydrogens (primary N) is 1. The molecular weight excluding hydrogens is 168 g/mol.